The number of carbonyl (C=O) groups excluding carboxylic acids is 1. The van der Waals surface area contributed by atoms with Gasteiger partial charge in [-0.25, -0.2) is 4.79 Å². The lowest BCUT2D eigenvalue weighted by Crippen LogP contribution is -2.36. The van der Waals surface area contributed by atoms with Gasteiger partial charge < -0.3 is 4.74 Å². The molecule has 15 heavy (non-hydrogen) atoms. The number of amides is 1. The van der Waals surface area contributed by atoms with E-state index < -0.39 is 11.7 Å². The average Bonchev–Trinajstić information content (AvgIpc) is 2.17. The number of hydrogen-bond donors (Lipinski definition) is 1. The largest absolute Gasteiger partial charge is 0.425 e. The molecule has 2 rings (SSSR count). The number of nitrogens with one attached hydrogen (secondary N) is 1. The van der Waals surface area contributed by atoms with Crippen LogP contribution >= 0.6 is 0 Å². The highest BCUT2D eigenvalue weighted by Crippen LogP contribution is 2.34. The Bertz CT molecular complexity index is 473. The molecule has 1 aromatic rings. The summed E-state index contributed by atoms with van der Waals surface area (Å²) in [5.41, 5.74) is 0.598. The van der Waals surface area contributed by atoms with Gasteiger partial charge in [0.1, 0.15) is 0 Å². The fourth-order valence-electron chi connectivity index (χ4n) is 1.62. The summed E-state index contributed by atoms with van der Waals surface area (Å²) >= 11 is 0. The minimum Gasteiger partial charge on any atom is -0.425 e. The third-order valence-electron chi connectivity index (χ3n) is 2.23. The van der Waals surface area contributed by atoms with E-state index in [1.54, 1.807) is 32.3 Å². The smallest absolute Gasteiger partial charge is 0.413 e. The van der Waals surface area contributed by atoms with Crippen molar-refractivity contribution in [1.82, 2.24) is 4.98 Å². The maximum atomic E-state index is 11.3. The molecule has 2 heterocycles. The normalized spacial score (nSPS) is 22.9. The maximum absolute atomic E-state index is 11.3. The summed E-state index contributed by atoms with van der Waals surface area (Å²) in [4.78, 5) is 15.2. The highest BCUT2D eigenvalue weighted by atomic mass is 16.6. The second-order valence-electron chi connectivity index (χ2n) is 3.34. The van der Waals surface area contributed by atoms with Gasteiger partial charge in [0.05, 0.1) is 11.9 Å². The molecule has 0 aliphatic carbocycles. The summed E-state index contributed by atoms with van der Waals surface area (Å²) in [5.74, 6) is 5.65. The van der Waals surface area contributed by atoms with Crippen LogP contribution < -0.4 is 5.32 Å². The van der Waals surface area contributed by atoms with Crippen LogP contribution in [0, 0.1) is 11.8 Å². The van der Waals surface area contributed by atoms with E-state index in [2.05, 4.69) is 22.1 Å². The number of fused-ring (bicyclic) bond motifs is 1. The summed E-state index contributed by atoms with van der Waals surface area (Å²) in [6, 6.07) is 1.79. The summed E-state index contributed by atoms with van der Waals surface area (Å²) in [6.45, 7) is 3.48. The van der Waals surface area contributed by atoms with Crippen LogP contribution in [-0.2, 0) is 10.3 Å². The lowest BCUT2D eigenvalue weighted by molar-refractivity contribution is 0.0714. The lowest BCUT2D eigenvalue weighted by atomic mass is 9.95. The lowest BCUT2D eigenvalue weighted by Gasteiger charge is -2.30. The van der Waals surface area contributed by atoms with E-state index in [0.29, 0.717) is 5.69 Å². The number of aromatic nitrogens is 1. The summed E-state index contributed by atoms with van der Waals surface area (Å²) in [6.07, 6.45) is 2.74. The molecule has 0 aromatic carbocycles. The zero-order valence-electron chi connectivity index (χ0n) is 8.50. The molecule has 1 atom stereocenters. The minimum absolute atomic E-state index is 0.499. The number of cyclic esters (lactones) is 1. The van der Waals surface area contributed by atoms with Gasteiger partial charge >= 0.3 is 6.09 Å². The Morgan fingerprint density at radius 1 is 1.60 bits per heavy atom. The van der Waals surface area contributed by atoms with Crippen LogP contribution in [0.25, 0.3) is 0 Å². The molecule has 1 amide bonds. The van der Waals surface area contributed by atoms with Gasteiger partial charge in [0, 0.05) is 11.8 Å². The molecule has 1 aromatic heterocycles. The van der Waals surface area contributed by atoms with Crippen molar-refractivity contribution in [3.05, 3.63) is 24.0 Å². The van der Waals surface area contributed by atoms with Gasteiger partial charge in [-0.1, -0.05) is 5.92 Å². The highest BCUT2D eigenvalue weighted by molar-refractivity contribution is 5.89. The Kier molecular flexibility index (Phi) is 2.09. The molecule has 4 nitrogen and oxygen atoms in total. The van der Waals surface area contributed by atoms with Gasteiger partial charge in [0.15, 0.2) is 5.60 Å². The first-order chi connectivity index (χ1) is 7.15. The first-order valence-corrected chi connectivity index (χ1v) is 4.54. The number of pyridine rings is 1. The number of rotatable bonds is 0. The molecular formula is C11H10N2O2. The van der Waals surface area contributed by atoms with Crippen molar-refractivity contribution in [2.75, 3.05) is 5.32 Å². The first-order valence-electron chi connectivity index (χ1n) is 4.54. The minimum atomic E-state index is -0.880. The van der Waals surface area contributed by atoms with Gasteiger partial charge in [-0.15, -0.1) is 5.92 Å². The van der Waals surface area contributed by atoms with Crippen LogP contribution in [0.15, 0.2) is 18.5 Å². The molecule has 0 spiro atoms. The van der Waals surface area contributed by atoms with E-state index in [1.165, 1.54) is 0 Å². The monoisotopic (exact) mass is 202 g/mol. The van der Waals surface area contributed by atoms with Crippen molar-refractivity contribution in [3.63, 3.8) is 0 Å². The van der Waals surface area contributed by atoms with Crippen molar-refractivity contribution < 1.29 is 9.53 Å². The number of nitrogens with zero attached hydrogens (tertiary/aromatic N) is 1. The van der Waals surface area contributed by atoms with E-state index in [4.69, 9.17) is 4.74 Å². The number of carbonyl (C=O) groups is 1. The standard InChI is InChI=1S/C11H10N2O2/c1-3-5-11(2)8-4-6-12-7-9(8)13-10(14)15-11/h4,6-7H,1-2H3,(H,13,14). The molecule has 4 heteroatoms. The van der Waals surface area contributed by atoms with E-state index in [-0.39, 0.29) is 0 Å². The summed E-state index contributed by atoms with van der Waals surface area (Å²) < 4.78 is 5.19. The summed E-state index contributed by atoms with van der Waals surface area (Å²) in [5, 5.41) is 2.58. The van der Waals surface area contributed by atoms with Crippen LogP contribution in [0.1, 0.15) is 19.4 Å². The fraction of sp³-hybridized carbons (Fsp3) is 0.273. The SMILES string of the molecule is CC#CC1(C)OC(=O)Nc2cnccc21. The van der Waals surface area contributed by atoms with Crippen LogP contribution in [0.3, 0.4) is 0 Å². The first kappa shape index (κ1) is 9.53. The molecule has 0 radical (unpaired) electrons. The molecule has 76 valence electrons. The van der Waals surface area contributed by atoms with Crippen molar-refractivity contribution in [1.29, 1.82) is 0 Å². The molecule has 0 fully saturated rings. The zero-order chi connectivity index (χ0) is 10.9. The van der Waals surface area contributed by atoms with Crippen LogP contribution in [0.4, 0.5) is 10.5 Å². The Balaban J connectivity index is 2.59. The van der Waals surface area contributed by atoms with Gasteiger partial charge in [-0.2, -0.15) is 0 Å². The van der Waals surface area contributed by atoms with Gasteiger partial charge in [-0.3, -0.25) is 10.3 Å². The third kappa shape index (κ3) is 1.52. The van der Waals surface area contributed by atoms with Gasteiger partial charge in [0.25, 0.3) is 0 Å². The van der Waals surface area contributed by atoms with E-state index in [9.17, 15) is 4.79 Å². The third-order valence-corrected chi connectivity index (χ3v) is 2.23. The molecule has 0 saturated carbocycles. The molecular weight excluding hydrogens is 192 g/mol. The Labute approximate surface area is 87.7 Å². The second-order valence-corrected chi connectivity index (χ2v) is 3.34. The summed E-state index contributed by atoms with van der Waals surface area (Å²) in [7, 11) is 0. The van der Waals surface area contributed by atoms with Crippen molar-refractivity contribution in [2.24, 2.45) is 0 Å². The van der Waals surface area contributed by atoms with E-state index in [1.807, 2.05) is 0 Å². The number of anilines is 1. The average molecular weight is 202 g/mol. The molecule has 0 saturated heterocycles. The number of hydrogen-bond acceptors (Lipinski definition) is 3. The highest BCUT2D eigenvalue weighted by Gasteiger charge is 2.36. The Morgan fingerprint density at radius 3 is 3.13 bits per heavy atom. The van der Waals surface area contributed by atoms with E-state index in [0.717, 1.165) is 5.56 Å². The van der Waals surface area contributed by atoms with Crippen LogP contribution in [0.5, 0.6) is 0 Å². The molecule has 1 unspecified atom stereocenters. The van der Waals surface area contributed by atoms with E-state index >= 15 is 0 Å². The quantitative estimate of drug-likeness (QED) is 0.653. The maximum Gasteiger partial charge on any atom is 0.413 e. The molecule has 1 N–H and O–H groups in total. The Morgan fingerprint density at radius 2 is 2.40 bits per heavy atom. The van der Waals surface area contributed by atoms with Crippen molar-refractivity contribution in [3.8, 4) is 11.8 Å². The zero-order valence-corrected chi connectivity index (χ0v) is 8.50. The topological polar surface area (TPSA) is 51.2 Å². The Hall–Kier alpha value is -2.02. The van der Waals surface area contributed by atoms with Crippen LogP contribution in [-0.4, -0.2) is 11.1 Å². The van der Waals surface area contributed by atoms with Gasteiger partial charge in [0.2, 0.25) is 0 Å². The molecule has 0 bridgehead atoms. The fourth-order valence-corrected chi connectivity index (χ4v) is 1.62. The predicted octanol–water partition coefficient (Wildman–Crippen LogP) is 1.88. The van der Waals surface area contributed by atoms with Crippen molar-refractivity contribution >= 4 is 11.8 Å². The number of ether oxygens (including phenoxy) is 1. The predicted molar refractivity (Wildman–Crippen MR) is 55.1 cm³/mol. The molecule has 1 aliphatic heterocycles. The molecule has 1 aliphatic rings. The van der Waals surface area contributed by atoms with Gasteiger partial charge in [-0.05, 0) is 19.9 Å². The van der Waals surface area contributed by atoms with Crippen molar-refractivity contribution in [2.45, 2.75) is 19.4 Å². The van der Waals surface area contributed by atoms with Crippen LogP contribution in [0.2, 0.25) is 0 Å². The second kappa shape index (κ2) is 3.28.